The van der Waals surface area contributed by atoms with Crippen molar-refractivity contribution in [2.24, 2.45) is 0 Å². The van der Waals surface area contributed by atoms with Crippen molar-refractivity contribution in [1.82, 2.24) is 5.32 Å². The van der Waals surface area contributed by atoms with Crippen LogP contribution < -0.4 is 5.32 Å². The molecule has 1 amide bonds. The fraction of sp³-hybridized carbons (Fsp3) is 0.667. The number of carbonyl (C=O) groups excluding carboxylic acids is 2. The van der Waals surface area contributed by atoms with Crippen LogP contribution in [0, 0.1) is 0 Å². The molecule has 11 heavy (non-hydrogen) atoms. The van der Waals surface area contributed by atoms with E-state index in [-0.39, 0.29) is 5.91 Å². The van der Waals surface area contributed by atoms with Gasteiger partial charge in [-0.1, -0.05) is 0 Å². The van der Waals surface area contributed by atoms with Gasteiger partial charge in [-0.3, -0.25) is 4.79 Å². The Balaban J connectivity index is 3.94. The largest absolute Gasteiger partial charge is 0.466 e. The van der Waals surface area contributed by atoms with Crippen LogP contribution in [0.2, 0.25) is 0 Å². The number of ether oxygens (including phenoxy) is 2. The van der Waals surface area contributed by atoms with Crippen LogP contribution in [-0.4, -0.2) is 32.3 Å². The van der Waals surface area contributed by atoms with Crippen LogP contribution in [0.3, 0.4) is 0 Å². The molecular formula is C6H11NO4. The van der Waals surface area contributed by atoms with E-state index in [2.05, 4.69) is 14.8 Å². The van der Waals surface area contributed by atoms with Gasteiger partial charge in [-0.25, -0.2) is 4.79 Å². The molecule has 0 aromatic carbocycles. The molecule has 0 heterocycles. The van der Waals surface area contributed by atoms with Crippen molar-refractivity contribution in [1.29, 1.82) is 0 Å². The Hall–Kier alpha value is -1.10. The van der Waals surface area contributed by atoms with Crippen molar-refractivity contribution in [3.63, 3.8) is 0 Å². The topological polar surface area (TPSA) is 64.6 Å². The molecular weight excluding hydrogens is 150 g/mol. The molecule has 0 aromatic heterocycles. The first-order valence-corrected chi connectivity index (χ1v) is 2.99. The Kier molecular flexibility index (Phi) is 4.21. The van der Waals surface area contributed by atoms with Gasteiger partial charge in [0.15, 0.2) is 0 Å². The van der Waals surface area contributed by atoms with Crippen LogP contribution >= 0.6 is 0 Å². The Morgan fingerprint density at radius 2 is 1.91 bits per heavy atom. The second-order valence-electron chi connectivity index (χ2n) is 1.84. The molecule has 0 fully saturated rings. The molecule has 0 saturated carbocycles. The lowest BCUT2D eigenvalue weighted by atomic mass is 10.5. The zero-order valence-electron chi connectivity index (χ0n) is 6.71. The molecule has 0 radical (unpaired) electrons. The summed E-state index contributed by atoms with van der Waals surface area (Å²) in [6, 6.07) is 0. The van der Waals surface area contributed by atoms with E-state index in [0.717, 1.165) is 0 Å². The molecule has 0 aromatic rings. The molecule has 5 nitrogen and oxygen atoms in total. The van der Waals surface area contributed by atoms with E-state index >= 15 is 0 Å². The van der Waals surface area contributed by atoms with E-state index in [1.807, 2.05) is 0 Å². The first kappa shape index (κ1) is 9.90. The quantitative estimate of drug-likeness (QED) is 0.437. The Morgan fingerprint density at radius 3 is 2.18 bits per heavy atom. The van der Waals surface area contributed by atoms with Gasteiger partial charge in [0, 0.05) is 14.0 Å². The van der Waals surface area contributed by atoms with Gasteiger partial charge in [-0.2, -0.15) is 0 Å². The maximum absolute atomic E-state index is 10.7. The van der Waals surface area contributed by atoms with Crippen LogP contribution in [-0.2, 0) is 19.1 Å². The molecule has 0 bridgehead atoms. The number of amides is 1. The lowest BCUT2D eigenvalue weighted by Gasteiger charge is -2.12. The monoisotopic (exact) mass is 161 g/mol. The maximum Gasteiger partial charge on any atom is 0.356 e. The summed E-state index contributed by atoms with van der Waals surface area (Å²) in [6.07, 6.45) is -1.00. The van der Waals surface area contributed by atoms with Crippen LogP contribution in [0.25, 0.3) is 0 Å². The molecule has 0 spiro atoms. The predicted octanol–water partition coefficient (Wildman–Crippen LogP) is -0.732. The molecule has 64 valence electrons. The van der Waals surface area contributed by atoms with Crippen molar-refractivity contribution >= 4 is 11.9 Å². The summed E-state index contributed by atoms with van der Waals surface area (Å²) >= 11 is 0. The SMILES string of the molecule is COC(=O)[C@@H](NC(C)=O)OC. The first-order valence-electron chi connectivity index (χ1n) is 2.99. The zero-order valence-corrected chi connectivity index (χ0v) is 6.71. The normalized spacial score (nSPS) is 11.9. The van der Waals surface area contributed by atoms with Gasteiger partial charge in [0.1, 0.15) is 0 Å². The summed E-state index contributed by atoms with van der Waals surface area (Å²) in [7, 11) is 2.52. The number of rotatable bonds is 3. The smallest absolute Gasteiger partial charge is 0.356 e. The molecule has 0 aliphatic rings. The molecule has 1 atom stereocenters. The van der Waals surface area contributed by atoms with Crippen molar-refractivity contribution in [3.8, 4) is 0 Å². The van der Waals surface area contributed by atoms with Crippen LogP contribution in [0.15, 0.2) is 0 Å². The van der Waals surface area contributed by atoms with Gasteiger partial charge < -0.3 is 14.8 Å². The van der Waals surface area contributed by atoms with Gasteiger partial charge in [-0.15, -0.1) is 0 Å². The van der Waals surface area contributed by atoms with Crippen LogP contribution in [0.4, 0.5) is 0 Å². The van der Waals surface area contributed by atoms with Crippen molar-refractivity contribution in [3.05, 3.63) is 0 Å². The van der Waals surface area contributed by atoms with Gasteiger partial charge in [0.05, 0.1) is 7.11 Å². The van der Waals surface area contributed by atoms with Crippen molar-refractivity contribution in [2.75, 3.05) is 14.2 Å². The molecule has 0 unspecified atom stereocenters. The van der Waals surface area contributed by atoms with E-state index in [1.165, 1.54) is 21.1 Å². The first-order chi connectivity index (χ1) is 5.11. The van der Waals surface area contributed by atoms with Crippen molar-refractivity contribution < 1.29 is 19.1 Å². The summed E-state index contributed by atoms with van der Waals surface area (Å²) in [5, 5.41) is 2.24. The standard InChI is InChI=1S/C6H11NO4/c1-4(8)7-5(10-2)6(9)11-3/h5H,1-3H3,(H,7,8)/t5-/m0/s1. The number of carbonyl (C=O) groups is 2. The van der Waals surface area contributed by atoms with Gasteiger partial charge >= 0.3 is 5.97 Å². The average Bonchev–Trinajstić information content (AvgIpc) is 1.98. The Morgan fingerprint density at radius 1 is 1.36 bits per heavy atom. The zero-order chi connectivity index (χ0) is 8.85. The second-order valence-corrected chi connectivity index (χ2v) is 1.84. The highest BCUT2D eigenvalue weighted by Gasteiger charge is 2.18. The molecule has 0 aliphatic carbocycles. The fourth-order valence-electron chi connectivity index (χ4n) is 0.506. The lowest BCUT2D eigenvalue weighted by molar-refractivity contribution is -0.156. The highest BCUT2D eigenvalue weighted by molar-refractivity contribution is 5.81. The molecule has 0 saturated heterocycles. The minimum Gasteiger partial charge on any atom is -0.466 e. The third-order valence-corrected chi connectivity index (χ3v) is 0.985. The Labute approximate surface area is 64.7 Å². The van der Waals surface area contributed by atoms with E-state index in [1.54, 1.807) is 0 Å². The molecule has 0 aliphatic heterocycles. The second kappa shape index (κ2) is 4.68. The van der Waals surface area contributed by atoms with Crippen LogP contribution in [0.1, 0.15) is 6.92 Å². The lowest BCUT2D eigenvalue weighted by Crippen LogP contribution is -2.41. The summed E-state index contributed by atoms with van der Waals surface area (Å²) in [5.74, 6) is -0.968. The van der Waals surface area contributed by atoms with E-state index in [9.17, 15) is 9.59 Å². The molecule has 1 N–H and O–H groups in total. The maximum atomic E-state index is 10.7. The van der Waals surface area contributed by atoms with Gasteiger partial charge in [-0.05, 0) is 0 Å². The third-order valence-electron chi connectivity index (χ3n) is 0.985. The third kappa shape index (κ3) is 3.57. The van der Waals surface area contributed by atoms with E-state index in [4.69, 9.17) is 0 Å². The van der Waals surface area contributed by atoms with Crippen LogP contribution in [0.5, 0.6) is 0 Å². The number of esters is 1. The summed E-state index contributed by atoms with van der Waals surface area (Å²) in [6.45, 7) is 1.29. The minimum atomic E-state index is -1.00. The highest BCUT2D eigenvalue weighted by Crippen LogP contribution is 1.87. The number of hydrogen-bond acceptors (Lipinski definition) is 4. The molecule has 5 heteroatoms. The van der Waals surface area contributed by atoms with Crippen molar-refractivity contribution in [2.45, 2.75) is 13.2 Å². The van der Waals surface area contributed by atoms with Gasteiger partial charge in [0.2, 0.25) is 12.1 Å². The number of methoxy groups -OCH3 is 2. The summed E-state index contributed by atoms with van der Waals surface area (Å²) in [4.78, 5) is 21.2. The number of nitrogens with one attached hydrogen (secondary N) is 1. The van der Waals surface area contributed by atoms with E-state index < -0.39 is 12.2 Å². The fourth-order valence-corrected chi connectivity index (χ4v) is 0.506. The molecule has 0 rings (SSSR count). The average molecular weight is 161 g/mol. The van der Waals surface area contributed by atoms with E-state index in [0.29, 0.717) is 0 Å². The minimum absolute atomic E-state index is 0.345. The van der Waals surface area contributed by atoms with Gasteiger partial charge in [0.25, 0.3) is 0 Å². The highest BCUT2D eigenvalue weighted by atomic mass is 16.6. The summed E-state index contributed by atoms with van der Waals surface area (Å²) < 4.78 is 8.93. The predicted molar refractivity (Wildman–Crippen MR) is 36.6 cm³/mol. The summed E-state index contributed by atoms with van der Waals surface area (Å²) in [5.41, 5.74) is 0. The number of hydrogen-bond donors (Lipinski definition) is 1. The Bertz CT molecular complexity index is 157.